The first-order valence-corrected chi connectivity index (χ1v) is 9.26. The maximum absolute atomic E-state index is 4.48. The highest BCUT2D eigenvalue weighted by molar-refractivity contribution is 5.63. The van der Waals surface area contributed by atoms with Gasteiger partial charge in [-0.15, -0.1) is 0 Å². The summed E-state index contributed by atoms with van der Waals surface area (Å²) in [5.74, 6) is 2.81. The maximum atomic E-state index is 4.48. The molecule has 6 nitrogen and oxygen atoms in total. The summed E-state index contributed by atoms with van der Waals surface area (Å²) in [6.07, 6.45) is 3.48. The number of nitrogens with zero attached hydrogens (tertiary/aromatic N) is 5. The van der Waals surface area contributed by atoms with Gasteiger partial charge < -0.3 is 15.1 Å². The predicted molar refractivity (Wildman–Crippen MR) is 110 cm³/mol. The second kappa shape index (κ2) is 7.61. The van der Waals surface area contributed by atoms with Crippen molar-refractivity contribution in [2.75, 3.05) is 41.3 Å². The van der Waals surface area contributed by atoms with Crippen LogP contribution in [-0.4, -0.2) is 41.1 Å². The van der Waals surface area contributed by atoms with Crippen molar-refractivity contribution >= 4 is 23.1 Å². The van der Waals surface area contributed by atoms with Gasteiger partial charge in [-0.05, 0) is 37.6 Å². The van der Waals surface area contributed by atoms with Crippen LogP contribution in [0.15, 0.2) is 55.0 Å². The van der Waals surface area contributed by atoms with Crippen LogP contribution in [0.2, 0.25) is 0 Å². The van der Waals surface area contributed by atoms with Gasteiger partial charge in [-0.3, -0.25) is 0 Å². The van der Waals surface area contributed by atoms with Crippen LogP contribution in [0.1, 0.15) is 11.1 Å². The molecule has 0 amide bonds. The number of aryl methyl sites for hydroxylation is 2. The Hall–Kier alpha value is -3.15. The molecule has 138 valence electrons. The van der Waals surface area contributed by atoms with Crippen molar-refractivity contribution in [3.05, 3.63) is 66.1 Å². The minimum Gasteiger partial charge on any atom is -0.353 e. The molecular formula is C21H24N6. The van der Waals surface area contributed by atoms with Crippen molar-refractivity contribution in [1.82, 2.24) is 15.0 Å². The van der Waals surface area contributed by atoms with Crippen LogP contribution in [-0.2, 0) is 0 Å². The van der Waals surface area contributed by atoms with Gasteiger partial charge >= 0.3 is 0 Å². The molecule has 4 rings (SSSR count). The number of pyridine rings is 1. The van der Waals surface area contributed by atoms with Gasteiger partial charge in [0.05, 0.1) is 0 Å². The molecule has 0 spiro atoms. The lowest BCUT2D eigenvalue weighted by atomic mass is 10.1. The van der Waals surface area contributed by atoms with Crippen molar-refractivity contribution in [1.29, 1.82) is 0 Å². The van der Waals surface area contributed by atoms with Gasteiger partial charge in [0.15, 0.2) is 0 Å². The van der Waals surface area contributed by atoms with Crippen molar-refractivity contribution in [3.8, 4) is 0 Å². The summed E-state index contributed by atoms with van der Waals surface area (Å²) in [5, 5.41) is 3.42. The fourth-order valence-corrected chi connectivity index (χ4v) is 3.39. The standard InChI is InChI=1S/C21H24N6/c1-16-6-7-18(17(2)13-16)25-19-14-21(24-15-23-19)27-11-9-26(10-12-27)20-5-3-4-8-22-20/h3-8,13-15H,9-12H2,1-2H3,(H,23,24,25). The van der Waals surface area contributed by atoms with Crippen molar-refractivity contribution in [3.63, 3.8) is 0 Å². The molecule has 0 saturated carbocycles. The fourth-order valence-electron chi connectivity index (χ4n) is 3.39. The largest absolute Gasteiger partial charge is 0.353 e. The summed E-state index contributed by atoms with van der Waals surface area (Å²) in [5.41, 5.74) is 3.54. The highest BCUT2D eigenvalue weighted by Gasteiger charge is 2.19. The minimum absolute atomic E-state index is 0.819. The number of nitrogens with one attached hydrogen (secondary N) is 1. The average Bonchev–Trinajstić information content (AvgIpc) is 2.71. The molecule has 6 heteroatoms. The number of piperazine rings is 1. The molecule has 1 aliphatic rings. The molecule has 3 heterocycles. The first kappa shape index (κ1) is 17.3. The Kier molecular flexibility index (Phi) is 4.87. The SMILES string of the molecule is Cc1ccc(Nc2cc(N3CCN(c4ccccn4)CC3)ncn2)c(C)c1. The van der Waals surface area contributed by atoms with Crippen LogP contribution in [0.4, 0.5) is 23.1 Å². The van der Waals surface area contributed by atoms with E-state index in [2.05, 4.69) is 68.2 Å². The van der Waals surface area contributed by atoms with Crippen LogP contribution < -0.4 is 15.1 Å². The second-order valence-corrected chi connectivity index (χ2v) is 6.87. The van der Waals surface area contributed by atoms with E-state index >= 15 is 0 Å². The third-order valence-electron chi connectivity index (χ3n) is 4.87. The zero-order valence-electron chi connectivity index (χ0n) is 15.8. The fraction of sp³-hybridized carbons (Fsp3) is 0.286. The van der Waals surface area contributed by atoms with Crippen molar-refractivity contribution in [2.45, 2.75) is 13.8 Å². The Bertz CT molecular complexity index is 904. The first-order valence-electron chi connectivity index (χ1n) is 9.26. The van der Waals surface area contributed by atoms with E-state index in [-0.39, 0.29) is 0 Å². The number of benzene rings is 1. The monoisotopic (exact) mass is 360 g/mol. The van der Waals surface area contributed by atoms with E-state index in [9.17, 15) is 0 Å². The zero-order chi connectivity index (χ0) is 18.6. The molecule has 1 aliphatic heterocycles. The predicted octanol–water partition coefficient (Wildman–Crippen LogP) is 3.56. The van der Waals surface area contributed by atoms with Crippen LogP contribution in [0.25, 0.3) is 0 Å². The van der Waals surface area contributed by atoms with Crippen LogP contribution in [0.5, 0.6) is 0 Å². The Balaban J connectivity index is 1.44. The minimum atomic E-state index is 0.819. The Labute approximate surface area is 159 Å². The summed E-state index contributed by atoms with van der Waals surface area (Å²) in [7, 11) is 0. The zero-order valence-corrected chi connectivity index (χ0v) is 15.8. The van der Waals surface area contributed by atoms with E-state index in [0.717, 1.165) is 49.3 Å². The quantitative estimate of drug-likeness (QED) is 0.768. The molecule has 0 atom stereocenters. The molecule has 1 fully saturated rings. The van der Waals surface area contributed by atoms with E-state index in [0.29, 0.717) is 0 Å². The average molecular weight is 360 g/mol. The van der Waals surface area contributed by atoms with Crippen LogP contribution >= 0.6 is 0 Å². The Morgan fingerprint density at radius 1 is 0.815 bits per heavy atom. The number of anilines is 4. The molecular weight excluding hydrogens is 336 g/mol. The molecule has 1 N–H and O–H groups in total. The molecule has 3 aromatic rings. The number of hydrogen-bond donors (Lipinski definition) is 1. The summed E-state index contributed by atoms with van der Waals surface area (Å²) in [6.45, 7) is 7.90. The summed E-state index contributed by atoms with van der Waals surface area (Å²) >= 11 is 0. The first-order chi connectivity index (χ1) is 13.2. The van der Waals surface area contributed by atoms with Crippen LogP contribution in [0, 0.1) is 13.8 Å². The van der Waals surface area contributed by atoms with E-state index in [1.807, 2.05) is 24.4 Å². The number of hydrogen-bond acceptors (Lipinski definition) is 6. The van der Waals surface area contributed by atoms with E-state index in [1.165, 1.54) is 11.1 Å². The third-order valence-corrected chi connectivity index (χ3v) is 4.87. The second-order valence-electron chi connectivity index (χ2n) is 6.87. The van der Waals surface area contributed by atoms with Gasteiger partial charge in [0.1, 0.15) is 23.8 Å². The molecule has 0 radical (unpaired) electrons. The third kappa shape index (κ3) is 4.00. The number of aromatic nitrogens is 3. The molecule has 27 heavy (non-hydrogen) atoms. The van der Waals surface area contributed by atoms with E-state index < -0.39 is 0 Å². The van der Waals surface area contributed by atoms with E-state index in [4.69, 9.17) is 0 Å². The number of rotatable bonds is 4. The van der Waals surface area contributed by atoms with E-state index in [1.54, 1.807) is 6.33 Å². The molecule has 1 saturated heterocycles. The van der Waals surface area contributed by atoms with Gasteiger partial charge in [-0.25, -0.2) is 15.0 Å². The normalized spacial score (nSPS) is 14.3. The van der Waals surface area contributed by atoms with Crippen molar-refractivity contribution < 1.29 is 0 Å². The lowest BCUT2D eigenvalue weighted by molar-refractivity contribution is 0.641. The Morgan fingerprint density at radius 3 is 2.30 bits per heavy atom. The summed E-state index contributed by atoms with van der Waals surface area (Å²) < 4.78 is 0. The molecule has 1 aromatic carbocycles. The molecule has 2 aromatic heterocycles. The topological polar surface area (TPSA) is 57.2 Å². The highest BCUT2D eigenvalue weighted by atomic mass is 15.3. The van der Waals surface area contributed by atoms with Crippen LogP contribution in [0.3, 0.4) is 0 Å². The lowest BCUT2D eigenvalue weighted by Gasteiger charge is -2.36. The van der Waals surface area contributed by atoms with Gasteiger partial charge in [0.25, 0.3) is 0 Å². The lowest BCUT2D eigenvalue weighted by Crippen LogP contribution is -2.47. The molecule has 0 aliphatic carbocycles. The van der Waals surface area contributed by atoms with Gasteiger partial charge in [-0.2, -0.15) is 0 Å². The highest BCUT2D eigenvalue weighted by Crippen LogP contribution is 2.23. The molecule has 0 bridgehead atoms. The van der Waals surface area contributed by atoms with Gasteiger partial charge in [0.2, 0.25) is 0 Å². The smallest absolute Gasteiger partial charge is 0.135 e. The maximum Gasteiger partial charge on any atom is 0.135 e. The van der Waals surface area contributed by atoms with Gasteiger partial charge in [-0.1, -0.05) is 23.8 Å². The molecule has 0 unspecified atom stereocenters. The van der Waals surface area contributed by atoms with Crippen molar-refractivity contribution in [2.24, 2.45) is 0 Å². The Morgan fingerprint density at radius 2 is 1.59 bits per heavy atom. The summed E-state index contributed by atoms with van der Waals surface area (Å²) in [6, 6.07) is 14.4. The summed E-state index contributed by atoms with van der Waals surface area (Å²) in [4.78, 5) is 17.9. The van der Waals surface area contributed by atoms with Gasteiger partial charge in [0, 0.05) is 44.1 Å².